The van der Waals surface area contributed by atoms with Gasteiger partial charge >= 0.3 is 17.4 Å². The van der Waals surface area contributed by atoms with Crippen LogP contribution in [0.3, 0.4) is 0 Å². The number of hydrogen-bond acceptors (Lipinski definition) is 29. The van der Waals surface area contributed by atoms with E-state index in [2.05, 4.69) is 194 Å². The number of aromatic nitrogens is 8. The van der Waals surface area contributed by atoms with Crippen LogP contribution in [0.25, 0.3) is 0 Å². The van der Waals surface area contributed by atoms with Crippen LogP contribution in [-0.4, -0.2) is 212 Å². The van der Waals surface area contributed by atoms with Gasteiger partial charge in [-0.15, -0.1) is 0 Å². The minimum absolute atomic E-state index is 0.0325. The molecule has 5 heterocycles. The molecular formula is C88H127BrN26O9. The molecule has 36 heteroatoms. The molecule has 35 nitrogen and oxygen atoms in total. The van der Waals surface area contributed by atoms with Crippen LogP contribution < -0.4 is 72.6 Å². The van der Waals surface area contributed by atoms with Crippen molar-refractivity contribution in [2.24, 2.45) is 16.2 Å². The van der Waals surface area contributed by atoms with Gasteiger partial charge in [0.05, 0.1) is 9.85 Å². The van der Waals surface area contributed by atoms with Crippen LogP contribution >= 0.6 is 15.9 Å². The van der Waals surface area contributed by atoms with Gasteiger partial charge in [0, 0.05) is 153 Å². The van der Waals surface area contributed by atoms with Gasteiger partial charge in [-0.25, -0.2) is 19.9 Å². The zero-order valence-corrected chi connectivity index (χ0v) is 78.5. The summed E-state index contributed by atoms with van der Waals surface area (Å²) in [6, 6.07) is 23.7. The first-order chi connectivity index (χ1) is 58.3. The van der Waals surface area contributed by atoms with Crippen molar-refractivity contribution in [2.45, 2.75) is 149 Å². The SMILES string of the molecule is CCN(C)c1nc(OC2CCN(C)CC2)nc(Nc2cc(C(=O)NC)ccc2C)c1C#N.CCc1nc(NCC(C)(C)C)c(Br)c(Nc2cc(C(=O)NC)ccc2C)n1.CCc1nc(Nc2cc(C(=O)NC)ccc2C)c([N+](=O)[O-])c(N(C)CC(C)(C)C)n1.CNC(=O)c1ccc(C)c(Nc2nc(NCCCN(C)C)nc(N(C)CC(C)(C)C)c2[N+](=O)[O-])c1. The minimum atomic E-state index is -0.468. The zero-order chi connectivity index (χ0) is 92.4. The van der Waals surface area contributed by atoms with Crippen LogP contribution in [0.5, 0.6) is 6.01 Å². The molecule has 670 valence electrons. The predicted octanol–water partition coefficient (Wildman–Crippen LogP) is 14.8. The minimum Gasteiger partial charge on any atom is -0.460 e. The van der Waals surface area contributed by atoms with Gasteiger partial charge in [0.1, 0.15) is 39.7 Å². The predicted molar refractivity (Wildman–Crippen MR) is 499 cm³/mol. The number of nitriles is 1. The molecule has 0 spiro atoms. The third-order valence-corrected chi connectivity index (χ3v) is 20.1. The van der Waals surface area contributed by atoms with Crippen molar-refractivity contribution in [1.29, 1.82) is 5.26 Å². The van der Waals surface area contributed by atoms with E-state index in [0.29, 0.717) is 107 Å². The summed E-state index contributed by atoms with van der Waals surface area (Å²) in [5.74, 6) is 3.71. The summed E-state index contributed by atoms with van der Waals surface area (Å²) in [5, 5.41) is 64.0. The van der Waals surface area contributed by atoms with Crippen LogP contribution in [0.15, 0.2) is 77.3 Å². The highest BCUT2D eigenvalue weighted by Crippen LogP contribution is 2.40. The molecule has 0 aliphatic carbocycles. The largest absolute Gasteiger partial charge is 0.460 e. The van der Waals surface area contributed by atoms with E-state index in [1.165, 1.54) is 0 Å². The lowest BCUT2D eigenvalue weighted by Crippen LogP contribution is -2.36. The van der Waals surface area contributed by atoms with Crippen molar-refractivity contribution in [2.75, 3.05) is 169 Å². The fourth-order valence-electron chi connectivity index (χ4n) is 12.6. The van der Waals surface area contributed by atoms with Crippen molar-refractivity contribution < 1.29 is 33.8 Å². The Morgan fingerprint density at radius 3 is 1.29 bits per heavy atom. The van der Waals surface area contributed by atoms with Gasteiger partial charge in [0.25, 0.3) is 23.6 Å². The van der Waals surface area contributed by atoms with Crippen molar-refractivity contribution >= 4 is 126 Å². The van der Waals surface area contributed by atoms with Gasteiger partial charge in [-0.1, -0.05) is 100 Å². The van der Waals surface area contributed by atoms with E-state index in [-0.39, 0.29) is 86.6 Å². The van der Waals surface area contributed by atoms with E-state index in [1.807, 2.05) is 98.8 Å². The Labute approximate surface area is 738 Å². The van der Waals surface area contributed by atoms with Crippen molar-refractivity contribution in [3.63, 3.8) is 0 Å². The number of halogens is 1. The number of carbonyl (C=O) groups is 4. The van der Waals surface area contributed by atoms with Crippen molar-refractivity contribution in [1.82, 2.24) is 70.9 Å². The highest BCUT2D eigenvalue weighted by atomic mass is 79.9. The van der Waals surface area contributed by atoms with E-state index in [1.54, 1.807) is 101 Å². The standard InChI is InChI=1S/C24H38N8O3.C23H31N7O2.C21H30N6O3.C20H28BrN5O/c1-16-10-11-17(22(33)25-5)14-18(16)27-20-19(32(34)35)21(31(8)15-24(2,3)4)29-23(28-20)26-12-9-13-30(6)7;1-6-30(5)21-18(14-24)20(26-19-13-16(22(31)25-3)8-7-15(19)2)27-23(28-21)32-17-9-11-29(4)12-10-17;1-8-16-24-18(23-15-11-14(20(28)22-6)10-9-13(15)2)17(27(29)30)19(25-16)26(7)12-21(3,4)5;1-7-15-25-17(23-11-20(3,4)5)16(21)18(26-15)24-14-10-13(19(27)22-6)9-8-12(14)2/h10-11,14H,9,12-13,15H2,1-8H3,(H,25,33)(H2,26,27,28,29);7-8,13,17H,6,9-12H2,1-5H3,(H,25,31)(H,26,27,28);9-11H,8,12H2,1-7H3,(H,22,28)(H,23,24,25);8-10H,7,11H2,1-6H3,(H,22,27)(H2,23,24,25,26). The molecule has 1 fully saturated rings. The molecule has 0 atom stereocenters. The van der Waals surface area contributed by atoms with Crippen LogP contribution in [0.4, 0.5) is 86.6 Å². The average Bonchev–Trinajstić information content (AvgIpc) is 0.822. The van der Waals surface area contributed by atoms with Gasteiger partial charge < -0.3 is 82.4 Å². The second-order valence-electron chi connectivity index (χ2n) is 34.2. The molecule has 0 unspecified atom stereocenters. The van der Waals surface area contributed by atoms with E-state index in [0.717, 1.165) is 95.9 Å². The monoisotopic (exact) mass is 1770 g/mol. The molecule has 4 aromatic heterocycles. The summed E-state index contributed by atoms with van der Waals surface area (Å²) in [7, 11) is 17.9. The van der Waals surface area contributed by atoms with Crippen LogP contribution in [0.2, 0.25) is 0 Å². The smallest absolute Gasteiger partial charge is 0.353 e. The quantitative estimate of drug-likeness (QED) is 0.0110. The number of anilines is 13. The Hall–Kier alpha value is -12.2. The first-order valence-electron chi connectivity index (χ1n) is 41.3. The second-order valence-corrected chi connectivity index (χ2v) is 35.0. The van der Waals surface area contributed by atoms with E-state index >= 15 is 0 Å². The molecule has 4 aromatic carbocycles. The number of ether oxygens (including phenoxy) is 1. The number of piperidine rings is 1. The lowest BCUT2D eigenvalue weighted by Gasteiger charge is -2.29. The van der Waals surface area contributed by atoms with Crippen LogP contribution in [0.1, 0.15) is 183 Å². The van der Waals surface area contributed by atoms with Gasteiger partial charge in [0.2, 0.25) is 29.2 Å². The number of rotatable bonds is 31. The third-order valence-electron chi connectivity index (χ3n) is 19.3. The summed E-state index contributed by atoms with van der Waals surface area (Å²) < 4.78 is 6.91. The van der Waals surface area contributed by atoms with Gasteiger partial charge in [0.15, 0.2) is 17.5 Å². The summed E-state index contributed by atoms with van der Waals surface area (Å²) in [5.41, 5.74) is 8.09. The molecular weight excluding hydrogens is 1650 g/mol. The molecule has 0 radical (unpaired) electrons. The summed E-state index contributed by atoms with van der Waals surface area (Å²) >= 11 is 3.63. The lowest BCUT2D eigenvalue weighted by molar-refractivity contribution is -0.383. The number of nitrogens with zero attached hydrogens (tertiary/aromatic N) is 16. The summed E-state index contributed by atoms with van der Waals surface area (Å²) in [6.07, 6.45) is 3.94. The fourth-order valence-corrected chi connectivity index (χ4v) is 13.0. The Morgan fingerprint density at radius 2 is 0.911 bits per heavy atom. The van der Waals surface area contributed by atoms with E-state index in [4.69, 9.17) is 4.74 Å². The van der Waals surface area contributed by atoms with Crippen LogP contribution in [0, 0.1) is 75.5 Å². The highest BCUT2D eigenvalue weighted by molar-refractivity contribution is 9.10. The molecule has 10 N–H and O–H groups in total. The second kappa shape index (κ2) is 45.8. The maximum atomic E-state index is 12.2. The van der Waals surface area contributed by atoms with Crippen molar-refractivity contribution in [3.05, 3.63) is 159 Å². The molecule has 9 rings (SSSR count). The molecule has 8 aromatic rings. The lowest BCUT2D eigenvalue weighted by atomic mass is 9.96. The Morgan fingerprint density at radius 1 is 0.524 bits per heavy atom. The topological polar surface area (TPSA) is 427 Å². The number of aryl methyl sites for hydroxylation is 6. The number of carbonyl (C=O) groups excluding carboxylic acids is 4. The number of likely N-dealkylation sites (tertiary alicyclic amines) is 1. The Bertz CT molecular complexity index is 5090. The molecule has 1 saturated heterocycles. The molecule has 1 aliphatic heterocycles. The fraction of sp³-hybridized carbons (Fsp3) is 0.489. The first-order valence-corrected chi connectivity index (χ1v) is 42.1. The average molecular weight is 1770 g/mol. The Balaban J connectivity index is 0.000000257. The highest BCUT2D eigenvalue weighted by Gasteiger charge is 2.33. The first kappa shape index (κ1) is 101. The van der Waals surface area contributed by atoms with Crippen molar-refractivity contribution in [3.8, 4) is 12.1 Å². The number of benzene rings is 4. The number of hydrogen-bond donors (Lipinski definition) is 10. The molecule has 0 bridgehead atoms. The summed E-state index contributed by atoms with van der Waals surface area (Å²) in [4.78, 5) is 117. The van der Waals surface area contributed by atoms with E-state index < -0.39 is 9.85 Å². The third kappa shape index (κ3) is 29.8. The van der Waals surface area contributed by atoms with Gasteiger partial charge in [-0.05, 0) is 185 Å². The molecule has 0 saturated carbocycles. The normalized spacial score (nSPS) is 12.1. The maximum Gasteiger partial charge on any atom is 0.353 e. The van der Waals surface area contributed by atoms with E-state index in [9.17, 15) is 44.7 Å². The maximum absolute atomic E-state index is 12.2. The number of nitro groups is 2. The van der Waals surface area contributed by atoms with Crippen LogP contribution in [-0.2, 0) is 12.8 Å². The molecule has 124 heavy (non-hydrogen) atoms. The van der Waals surface area contributed by atoms with Gasteiger partial charge in [-0.3, -0.25) is 39.4 Å². The number of nitrogens with one attached hydrogen (secondary N) is 10. The zero-order valence-electron chi connectivity index (χ0n) is 76.9. The van der Waals surface area contributed by atoms with Gasteiger partial charge in [-0.2, -0.15) is 25.2 Å². The Kier molecular flexibility index (Phi) is 37.1. The summed E-state index contributed by atoms with van der Waals surface area (Å²) in [6.45, 7) is 38.4. The molecule has 4 amide bonds. The number of amides is 4. The molecule has 1 aliphatic rings.